The van der Waals surface area contributed by atoms with Gasteiger partial charge in [-0.3, -0.25) is 4.98 Å². The van der Waals surface area contributed by atoms with Crippen LogP contribution in [0.25, 0.3) is 10.9 Å². The number of nitrogens with one attached hydrogen (secondary N) is 1. The van der Waals surface area contributed by atoms with E-state index in [2.05, 4.69) is 9.71 Å². The molecule has 0 saturated heterocycles. The van der Waals surface area contributed by atoms with Gasteiger partial charge in [0.25, 0.3) is 0 Å². The van der Waals surface area contributed by atoms with E-state index in [9.17, 15) is 13.5 Å². The van der Waals surface area contributed by atoms with Crippen molar-refractivity contribution in [3.63, 3.8) is 0 Å². The van der Waals surface area contributed by atoms with Crippen LogP contribution in [0, 0.1) is 5.92 Å². The molecule has 7 heteroatoms. The van der Waals surface area contributed by atoms with E-state index in [1.807, 2.05) is 0 Å². The molecule has 2 aromatic rings. The monoisotopic (exact) mass is 307 g/mol. The van der Waals surface area contributed by atoms with Crippen LogP contribution in [0.4, 0.5) is 5.69 Å². The number of nitrogens with two attached hydrogens (primary N) is 1. The number of anilines is 1. The summed E-state index contributed by atoms with van der Waals surface area (Å²) < 4.78 is 27.3. The van der Waals surface area contributed by atoms with Crippen LogP contribution in [-0.4, -0.2) is 31.2 Å². The van der Waals surface area contributed by atoms with Gasteiger partial charge in [-0.2, -0.15) is 0 Å². The highest BCUT2D eigenvalue weighted by Crippen LogP contribution is 2.32. The largest absolute Gasteiger partial charge is 0.398 e. The second-order valence-electron chi connectivity index (χ2n) is 5.31. The fourth-order valence-electron chi connectivity index (χ4n) is 2.31. The third-order valence-electron chi connectivity index (χ3n) is 3.70. The number of rotatable bonds is 5. The molecule has 6 nitrogen and oxygen atoms in total. The van der Waals surface area contributed by atoms with E-state index in [0.29, 0.717) is 16.6 Å². The summed E-state index contributed by atoms with van der Waals surface area (Å²) in [5.74, 6) is 0.217. The lowest BCUT2D eigenvalue weighted by molar-refractivity contribution is 0.155. The lowest BCUT2D eigenvalue weighted by Crippen LogP contribution is -2.33. The Kier molecular flexibility index (Phi) is 3.56. The predicted molar refractivity (Wildman–Crippen MR) is 80.1 cm³/mol. The van der Waals surface area contributed by atoms with E-state index in [1.54, 1.807) is 18.2 Å². The number of sulfonamides is 1. The lowest BCUT2D eigenvalue weighted by Gasteiger charge is -2.13. The van der Waals surface area contributed by atoms with Crippen molar-refractivity contribution < 1.29 is 13.5 Å². The first-order valence-corrected chi connectivity index (χ1v) is 8.28. The van der Waals surface area contributed by atoms with Gasteiger partial charge in [0.15, 0.2) is 0 Å². The van der Waals surface area contributed by atoms with E-state index in [-0.39, 0.29) is 17.4 Å². The van der Waals surface area contributed by atoms with E-state index >= 15 is 0 Å². The van der Waals surface area contributed by atoms with Crippen LogP contribution in [0.2, 0.25) is 0 Å². The third kappa shape index (κ3) is 2.85. The first-order chi connectivity index (χ1) is 9.99. The van der Waals surface area contributed by atoms with E-state index in [1.165, 1.54) is 12.3 Å². The van der Waals surface area contributed by atoms with Gasteiger partial charge in [0.05, 0.1) is 11.6 Å². The second-order valence-corrected chi connectivity index (χ2v) is 7.04. The molecule has 0 bridgehead atoms. The van der Waals surface area contributed by atoms with Crippen molar-refractivity contribution in [2.75, 3.05) is 12.3 Å². The van der Waals surface area contributed by atoms with Gasteiger partial charge in [0.1, 0.15) is 4.90 Å². The number of fused-ring (bicyclic) bond motifs is 1. The molecular formula is C14H17N3O3S. The molecule has 0 spiro atoms. The van der Waals surface area contributed by atoms with Gasteiger partial charge >= 0.3 is 0 Å². The summed E-state index contributed by atoms with van der Waals surface area (Å²) in [4.78, 5) is 4.20. The number of hydrogen-bond donors (Lipinski definition) is 3. The Morgan fingerprint density at radius 2 is 2.14 bits per heavy atom. The van der Waals surface area contributed by atoms with E-state index in [4.69, 9.17) is 5.73 Å². The Balaban J connectivity index is 1.93. The minimum Gasteiger partial charge on any atom is -0.398 e. The summed E-state index contributed by atoms with van der Waals surface area (Å²) in [5.41, 5.74) is 6.66. The fourth-order valence-corrected chi connectivity index (χ4v) is 3.52. The third-order valence-corrected chi connectivity index (χ3v) is 5.16. The number of aromatic nitrogens is 1. The number of nitrogen functional groups attached to an aromatic ring is 1. The van der Waals surface area contributed by atoms with Gasteiger partial charge in [-0.05, 0) is 43.0 Å². The molecule has 4 N–H and O–H groups in total. The van der Waals surface area contributed by atoms with Crippen LogP contribution in [0.3, 0.4) is 0 Å². The Labute approximate surface area is 123 Å². The molecule has 1 fully saturated rings. The van der Waals surface area contributed by atoms with E-state index in [0.717, 1.165) is 12.8 Å². The van der Waals surface area contributed by atoms with E-state index < -0.39 is 16.1 Å². The first-order valence-electron chi connectivity index (χ1n) is 6.80. The molecule has 1 aromatic carbocycles. The SMILES string of the molecule is Nc1ccc(S(=O)(=O)NCC(O)C2CC2)c2ncccc12. The Morgan fingerprint density at radius 3 is 2.86 bits per heavy atom. The number of aliphatic hydroxyl groups excluding tert-OH is 1. The smallest absolute Gasteiger partial charge is 0.242 e. The number of pyridine rings is 1. The standard InChI is InChI=1S/C14H17N3O3S/c15-11-5-6-13(14-10(11)2-1-7-16-14)21(19,20)17-8-12(18)9-3-4-9/h1-2,5-7,9,12,17-18H,3-4,8,15H2. The maximum absolute atomic E-state index is 12.4. The lowest BCUT2D eigenvalue weighted by atomic mass is 10.2. The molecule has 0 aliphatic heterocycles. The molecular weight excluding hydrogens is 290 g/mol. The van der Waals surface area contributed by atoms with Crippen molar-refractivity contribution >= 4 is 26.6 Å². The van der Waals surface area contributed by atoms with Gasteiger partial charge in [0, 0.05) is 23.8 Å². The Morgan fingerprint density at radius 1 is 1.38 bits per heavy atom. The molecule has 1 aliphatic rings. The van der Waals surface area contributed by atoms with Crippen molar-refractivity contribution in [2.24, 2.45) is 5.92 Å². The van der Waals surface area contributed by atoms with Crippen LogP contribution in [0.15, 0.2) is 35.4 Å². The summed E-state index contributed by atoms with van der Waals surface area (Å²) in [6, 6.07) is 6.43. The molecule has 1 aromatic heterocycles. The second kappa shape index (κ2) is 5.25. The Hall–Kier alpha value is -1.70. The summed E-state index contributed by atoms with van der Waals surface area (Å²) in [7, 11) is -3.73. The maximum atomic E-state index is 12.4. The highest BCUT2D eigenvalue weighted by molar-refractivity contribution is 7.89. The molecule has 0 amide bonds. The number of benzene rings is 1. The first kappa shape index (κ1) is 14.2. The zero-order valence-electron chi connectivity index (χ0n) is 11.4. The van der Waals surface area contributed by atoms with Crippen molar-refractivity contribution in [1.29, 1.82) is 0 Å². The fraction of sp³-hybridized carbons (Fsp3) is 0.357. The normalized spacial score (nSPS) is 17.0. The summed E-state index contributed by atoms with van der Waals surface area (Å²) in [5, 5.41) is 10.4. The van der Waals surface area contributed by atoms with Crippen molar-refractivity contribution in [3.05, 3.63) is 30.5 Å². The quantitative estimate of drug-likeness (QED) is 0.711. The molecule has 1 unspecified atom stereocenters. The molecule has 3 rings (SSSR count). The molecule has 0 radical (unpaired) electrons. The van der Waals surface area contributed by atoms with Crippen LogP contribution >= 0.6 is 0 Å². The molecule has 1 heterocycles. The van der Waals surface area contributed by atoms with Crippen LogP contribution in [0.5, 0.6) is 0 Å². The minimum absolute atomic E-state index is 0.0195. The number of nitrogens with zero attached hydrogens (tertiary/aromatic N) is 1. The van der Waals surface area contributed by atoms with Crippen molar-refractivity contribution in [3.8, 4) is 0 Å². The molecule has 1 atom stereocenters. The minimum atomic E-state index is -3.73. The van der Waals surface area contributed by atoms with Gasteiger partial charge in [0.2, 0.25) is 10.0 Å². The molecule has 112 valence electrons. The van der Waals surface area contributed by atoms with Crippen LogP contribution < -0.4 is 10.5 Å². The maximum Gasteiger partial charge on any atom is 0.242 e. The predicted octanol–water partition coefficient (Wildman–Crippen LogP) is 0.866. The van der Waals surface area contributed by atoms with Gasteiger partial charge in [-0.15, -0.1) is 0 Å². The molecule has 1 saturated carbocycles. The van der Waals surface area contributed by atoms with Gasteiger partial charge in [-0.25, -0.2) is 13.1 Å². The molecule has 1 aliphatic carbocycles. The van der Waals surface area contributed by atoms with Gasteiger partial charge in [-0.1, -0.05) is 0 Å². The highest BCUT2D eigenvalue weighted by Gasteiger charge is 2.31. The number of hydrogen-bond acceptors (Lipinski definition) is 5. The van der Waals surface area contributed by atoms with Crippen molar-refractivity contribution in [2.45, 2.75) is 23.8 Å². The average Bonchev–Trinajstić information content (AvgIpc) is 3.30. The topological polar surface area (TPSA) is 105 Å². The van der Waals surface area contributed by atoms with Crippen molar-refractivity contribution in [1.82, 2.24) is 9.71 Å². The average molecular weight is 307 g/mol. The number of aliphatic hydroxyl groups is 1. The van der Waals surface area contributed by atoms with Gasteiger partial charge < -0.3 is 10.8 Å². The van der Waals surface area contributed by atoms with Crippen LogP contribution in [0.1, 0.15) is 12.8 Å². The molecule has 21 heavy (non-hydrogen) atoms. The zero-order valence-corrected chi connectivity index (χ0v) is 12.2. The summed E-state index contributed by atoms with van der Waals surface area (Å²) >= 11 is 0. The zero-order chi connectivity index (χ0) is 15.0. The Bertz CT molecular complexity index is 772. The highest BCUT2D eigenvalue weighted by atomic mass is 32.2. The van der Waals surface area contributed by atoms with Crippen LogP contribution in [-0.2, 0) is 10.0 Å². The summed E-state index contributed by atoms with van der Waals surface area (Å²) in [6.07, 6.45) is 2.80. The summed E-state index contributed by atoms with van der Waals surface area (Å²) in [6.45, 7) is 0.0195.